The smallest absolute Gasteiger partial charge is 0.238 e. The first-order valence-electron chi connectivity index (χ1n) is 5.39. The first kappa shape index (κ1) is 15.4. The van der Waals surface area contributed by atoms with Gasteiger partial charge in [-0.1, -0.05) is 13.8 Å². The van der Waals surface area contributed by atoms with Crippen molar-refractivity contribution in [2.24, 2.45) is 5.92 Å². The van der Waals surface area contributed by atoms with Crippen LogP contribution in [0.3, 0.4) is 0 Å². The molecule has 1 unspecified atom stereocenters. The lowest BCUT2D eigenvalue weighted by molar-refractivity contribution is -0.123. The molecule has 0 aromatic rings. The zero-order chi connectivity index (χ0) is 12.9. The molecule has 1 amide bonds. The molecule has 0 heterocycles. The van der Waals surface area contributed by atoms with Gasteiger partial charge in [0.05, 0.1) is 6.26 Å². The predicted molar refractivity (Wildman–Crippen MR) is 64.5 cm³/mol. The minimum absolute atomic E-state index is 0.00326. The van der Waals surface area contributed by atoms with Crippen LogP contribution in [0.15, 0.2) is 0 Å². The number of amides is 1. The third-order valence-corrected chi connectivity index (χ3v) is 2.52. The standard InChI is InChI=1S/C10H22N2O3S/c1-7(2)6-9(12-16(5,14)15)10(13)11-8(3)4/h7-9,12H,6H2,1-5H3,(H,11,13). The van der Waals surface area contributed by atoms with Crippen LogP contribution in [-0.4, -0.2) is 32.7 Å². The summed E-state index contributed by atoms with van der Waals surface area (Å²) in [5, 5.41) is 2.70. The fraction of sp³-hybridized carbons (Fsp3) is 0.900. The molecule has 2 N–H and O–H groups in total. The maximum Gasteiger partial charge on any atom is 0.238 e. The van der Waals surface area contributed by atoms with Gasteiger partial charge < -0.3 is 5.32 Å². The number of sulfonamides is 1. The van der Waals surface area contributed by atoms with Crippen molar-refractivity contribution in [2.45, 2.75) is 46.2 Å². The number of hydrogen-bond acceptors (Lipinski definition) is 3. The molecule has 0 spiro atoms. The lowest BCUT2D eigenvalue weighted by Crippen LogP contribution is -2.48. The van der Waals surface area contributed by atoms with Gasteiger partial charge in [-0.25, -0.2) is 13.1 Å². The second kappa shape index (κ2) is 6.20. The molecule has 0 fully saturated rings. The van der Waals surface area contributed by atoms with Crippen LogP contribution in [0.4, 0.5) is 0 Å². The van der Waals surface area contributed by atoms with Crippen molar-refractivity contribution in [3.63, 3.8) is 0 Å². The van der Waals surface area contributed by atoms with Gasteiger partial charge in [0.2, 0.25) is 15.9 Å². The van der Waals surface area contributed by atoms with Crippen LogP contribution < -0.4 is 10.0 Å². The predicted octanol–water partition coefficient (Wildman–Crippen LogP) is 0.475. The molecule has 0 aliphatic heterocycles. The van der Waals surface area contributed by atoms with Crippen LogP contribution in [0.25, 0.3) is 0 Å². The Morgan fingerprint density at radius 2 is 1.69 bits per heavy atom. The number of nitrogens with one attached hydrogen (secondary N) is 2. The maximum atomic E-state index is 11.7. The summed E-state index contributed by atoms with van der Waals surface area (Å²) in [5.74, 6) is -0.0220. The molecule has 0 bridgehead atoms. The Morgan fingerprint density at radius 1 is 1.19 bits per heavy atom. The molecule has 0 rings (SSSR count). The van der Waals surface area contributed by atoms with Gasteiger partial charge in [0.1, 0.15) is 6.04 Å². The molecule has 1 atom stereocenters. The monoisotopic (exact) mass is 250 g/mol. The molecular formula is C10H22N2O3S. The van der Waals surface area contributed by atoms with E-state index in [0.29, 0.717) is 6.42 Å². The second-order valence-electron chi connectivity index (χ2n) is 4.74. The molecular weight excluding hydrogens is 228 g/mol. The van der Waals surface area contributed by atoms with Gasteiger partial charge in [-0.3, -0.25) is 4.79 Å². The van der Waals surface area contributed by atoms with Crippen LogP contribution in [0.1, 0.15) is 34.1 Å². The largest absolute Gasteiger partial charge is 0.353 e. The topological polar surface area (TPSA) is 75.3 Å². The van der Waals surface area contributed by atoms with Gasteiger partial charge in [0, 0.05) is 6.04 Å². The summed E-state index contributed by atoms with van der Waals surface area (Å²) in [4.78, 5) is 11.7. The van der Waals surface area contributed by atoms with Crippen molar-refractivity contribution < 1.29 is 13.2 Å². The molecule has 0 aliphatic carbocycles. The number of hydrogen-bond donors (Lipinski definition) is 2. The van der Waals surface area contributed by atoms with Crippen LogP contribution >= 0.6 is 0 Å². The summed E-state index contributed by atoms with van der Waals surface area (Å²) in [5.41, 5.74) is 0. The van der Waals surface area contributed by atoms with Gasteiger partial charge >= 0.3 is 0 Å². The van der Waals surface area contributed by atoms with Gasteiger partial charge in [0.25, 0.3) is 0 Å². The minimum Gasteiger partial charge on any atom is -0.353 e. The average molecular weight is 250 g/mol. The highest BCUT2D eigenvalue weighted by atomic mass is 32.2. The summed E-state index contributed by atoms with van der Waals surface area (Å²) in [6.45, 7) is 7.56. The normalized spacial score (nSPS) is 14.2. The average Bonchev–Trinajstić information content (AvgIpc) is 1.97. The Morgan fingerprint density at radius 3 is 2.00 bits per heavy atom. The molecule has 6 heteroatoms. The van der Waals surface area contributed by atoms with E-state index in [0.717, 1.165) is 6.26 Å². The van der Waals surface area contributed by atoms with Crippen molar-refractivity contribution in [3.05, 3.63) is 0 Å². The van der Waals surface area contributed by atoms with E-state index in [9.17, 15) is 13.2 Å². The van der Waals surface area contributed by atoms with Crippen molar-refractivity contribution in [3.8, 4) is 0 Å². The zero-order valence-electron chi connectivity index (χ0n) is 10.6. The highest BCUT2D eigenvalue weighted by Gasteiger charge is 2.23. The summed E-state index contributed by atoms with van der Waals surface area (Å²) < 4.78 is 24.6. The summed E-state index contributed by atoms with van der Waals surface area (Å²) >= 11 is 0. The molecule has 0 saturated carbocycles. The van der Waals surface area contributed by atoms with Gasteiger partial charge in [-0.2, -0.15) is 0 Å². The molecule has 96 valence electrons. The summed E-state index contributed by atoms with van der Waals surface area (Å²) in [6, 6.07) is -0.680. The van der Waals surface area contributed by atoms with Gasteiger partial charge in [0.15, 0.2) is 0 Å². The molecule has 5 nitrogen and oxygen atoms in total. The Balaban J connectivity index is 4.60. The SMILES string of the molecule is CC(C)CC(NS(C)(=O)=O)C(=O)NC(C)C. The summed E-state index contributed by atoms with van der Waals surface area (Å²) in [7, 11) is -3.36. The van der Waals surface area contributed by atoms with Crippen molar-refractivity contribution in [1.29, 1.82) is 0 Å². The zero-order valence-corrected chi connectivity index (χ0v) is 11.4. The first-order chi connectivity index (χ1) is 7.11. The third-order valence-electron chi connectivity index (χ3n) is 1.81. The van der Waals surface area contributed by atoms with Gasteiger partial charge in [-0.05, 0) is 26.2 Å². The number of carbonyl (C=O) groups excluding carboxylic acids is 1. The summed E-state index contributed by atoms with van der Waals surface area (Å²) in [6.07, 6.45) is 1.55. The van der Waals surface area contributed by atoms with E-state index in [1.807, 2.05) is 27.7 Å². The lowest BCUT2D eigenvalue weighted by atomic mass is 10.0. The Bertz CT molecular complexity index is 323. The number of rotatable bonds is 6. The highest BCUT2D eigenvalue weighted by Crippen LogP contribution is 2.06. The molecule has 0 aromatic heterocycles. The van der Waals surface area contributed by atoms with Crippen LogP contribution in [0.5, 0.6) is 0 Å². The van der Waals surface area contributed by atoms with Crippen LogP contribution in [0, 0.1) is 5.92 Å². The highest BCUT2D eigenvalue weighted by molar-refractivity contribution is 7.88. The van der Waals surface area contributed by atoms with Crippen LogP contribution in [-0.2, 0) is 14.8 Å². The van der Waals surface area contributed by atoms with Crippen LogP contribution in [0.2, 0.25) is 0 Å². The van der Waals surface area contributed by atoms with Gasteiger partial charge in [-0.15, -0.1) is 0 Å². The molecule has 0 saturated heterocycles. The van der Waals surface area contributed by atoms with Crippen molar-refractivity contribution >= 4 is 15.9 Å². The van der Waals surface area contributed by atoms with E-state index < -0.39 is 16.1 Å². The fourth-order valence-electron chi connectivity index (χ4n) is 1.32. The van der Waals surface area contributed by atoms with Crippen molar-refractivity contribution in [1.82, 2.24) is 10.0 Å². The molecule has 16 heavy (non-hydrogen) atoms. The second-order valence-corrected chi connectivity index (χ2v) is 6.52. The lowest BCUT2D eigenvalue weighted by Gasteiger charge is -2.20. The van der Waals surface area contributed by atoms with E-state index in [4.69, 9.17) is 0 Å². The molecule has 0 aliphatic rings. The van der Waals surface area contributed by atoms with E-state index in [1.54, 1.807) is 0 Å². The maximum absolute atomic E-state index is 11.7. The molecule has 0 aromatic carbocycles. The third kappa shape index (κ3) is 7.64. The number of carbonyl (C=O) groups is 1. The van der Waals surface area contributed by atoms with E-state index in [1.165, 1.54) is 0 Å². The fourth-order valence-corrected chi connectivity index (χ4v) is 2.04. The minimum atomic E-state index is -3.36. The first-order valence-corrected chi connectivity index (χ1v) is 7.28. The van der Waals surface area contributed by atoms with Crippen molar-refractivity contribution in [2.75, 3.05) is 6.26 Å². The molecule has 0 radical (unpaired) electrons. The Hall–Kier alpha value is -0.620. The quantitative estimate of drug-likeness (QED) is 0.720. The van der Waals surface area contributed by atoms with E-state index >= 15 is 0 Å². The Labute approximate surface area is 98.0 Å². The van der Waals surface area contributed by atoms with E-state index in [2.05, 4.69) is 10.0 Å². The van der Waals surface area contributed by atoms with E-state index in [-0.39, 0.29) is 17.9 Å². The Kier molecular flexibility index (Phi) is 5.96.